The van der Waals surface area contributed by atoms with Gasteiger partial charge in [0.25, 0.3) is 5.91 Å². The first-order valence-corrected chi connectivity index (χ1v) is 12.8. The number of aliphatic hydroxyl groups excluding tert-OH is 1. The molecule has 0 spiro atoms. The van der Waals surface area contributed by atoms with E-state index >= 15 is 0 Å². The Balaban J connectivity index is 1.58. The van der Waals surface area contributed by atoms with Crippen LogP contribution in [0.25, 0.3) is 0 Å². The van der Waals surface area contributed by atoms with Gasteiger partial charge in [-0.15, -0.1) is 0 Å². The quantitative estimate of drug-likeness (QED) is 0.479. The van der Waals surface area contributed by atoms with Gasteiger partial charge in [-0.1, -0.05) is 26.3 Å². The molecule has 1 aromatic rings. The predicted octanol–water partition coefficient (Wildman–Crippen LogP) is 3.46. The summed E-state index contributed by atoms with van der Waals surface area (Å²) in [5, 5.41) is 19.2. The van der Waals surface area contributed by atoms with Gasteiger partial charge in [0.15, 0.2) is 11.6 Å². The van der Waals surface area contributed by atoms with Crippen molar-refractivity contribution in [2.45, 2.75) is 51.2 Å². The number of hydrogen-bond acceptors (Lipinski definition) is 6. The Morgan fingerprint density at radius 1 is 1.28 bits per heavy atom. The van der Waals surface area contributed by atoms with Crippen molar-refractivity contribution in [3.8, 4) is 5.75 Å². The summed E-state index contributed by atoms with van der Waals surface area (Å²) in [5.74, 6) is -2.21. The smallest absolute Gasteiger partial charge is 0.272 e. The summed E-state index contributed by atoms with van der Waals surface area (Å²) >= 11 is 0. The van der Waals surface area contributed by atoms with E-state index < -0.39 is 29.2 Å². The molecule has 4 rings (SSSR count). The Bertz CT molecular complexity index is 1020. The van der Waals surface area contributed by atoms with E-state index in [9.17, 15) is 18.7 Å². The highest BCUT2D eigenvalue weighted by Gasteiger charge is 2.43. The third-order valence-electron chi connectivity index (χ3n) is 6.78. The van der Waals surface area contributed by atoms with Crippen LogP contribution in [-0.2, 0) is 4.79 Å². The van der Waals surface area contributed by atoms with E-state index in [-0.39, 0.29) is 18.3 Å². The fourth-order valence-corrected chi connectivity index (χ4v) is 4.82. The normalized spacial score (nSPS) is 24.6. The van der Waals surface area contributed by atoms with Crippen LogP contribution in [0.15, 0.2) is 47.2 Å². The summed E-state index contributed by atoms with van der Waals surface area (Å²) in [5.41, 5.74) is -0.927. The highest BCUT2D eigenvalue weighted by molar-refractivity contribution is 5.92. The number of ether oxygens (including phenoxy) is 1. The second-order valence-electron chi connectivity index (χ2n) is 10.2. The number of nitrogens with one attached hydrogen (secondary N) is 1. The fraction of sp³-hybridized carbons (Fsp3) is 0.556. The fourth-order valence-electron chi connectivity index (χ4n) is 4.82. The average molecular weight is 503 g/mol. The molecule has 1 aliphatic carbocycles. The molecular weight excluding hydrogens is 466 g/mol. The third kappa shape index (κ3) is 6.13. The molecule has 2 aliphatic heterocycles. The Kier molecular flexibility index (Phi) is 8.41. The largest absolute Gasteiger partial charge is 0.466 e. The molecule has 36 heavy (non-hydrogen) atoms. The minimum Gasteiger partial charge on any atom is -0.466 e. The van der Waals surface area contributed by atoms with Crippen LogP contribution in [0.4, 0.5) is 8.78 Å². The molecule has 196 valence electrons. The number of aliphatic hydroxyl groups is 1. The molecule has 3 atom stereocenters. The Hall–Kier alpha value is -2.78. The standard InChI is InChI=1S/C27H36F2N4O3/c1-19(2)17-33-24-15-27(10-8-20(24)16-30-33,36-25-7-6-21(28)14-23(25)29)26(35)31-22(18-34)9-13-32-11-4-3-5-12-32/h6-8,10,14-16,19-20,22,34H,3-5,9,11-13,17-18H2,1-2H3,(H,31,35)/t20?,22?,27-/m0/s1. The predicted molar refractivity (Wildman–Crippen MR) is 134 cm³/mol. The van der Waals surface area contributed by atoms with Gasteiger partial charge in [-0.05, 0) is 62.6 Å². The van der Waals surface area contributed by atoms with E-state index in [1.807, 2.05) is 11.1 Å². The van der Waals surface area contributed by atoms with Gasteiger partial charge in [0.2, 0.25) is 5.60 Å². The summed E-state index contributed by atoms with van der Waals surface area (Å²) in [4.78, 5) is 16.1. The number of amides is 1. The van der Waals surface area contributed by atoms with Crippen molar-refractivity contribution in [2.75, 3.05) is 32.8 Å². The number of allylic oxidation sites excluding steroid dienone is 1. The van der Waals surface area contributed by atoms with Crippen LogP contribution in [0, 0.1) is 23.5 Å². The van der Waals surface area contributed by atoms with Gasteiger partial charge in [-0.2, -0.15) is 5.10 Å². The average Bonchev–Trinajstić information content (AvgIpc) is 3.25. The number of hydrazone groups is 1. The molecule has 1 aromatic carbocycles. The number of hydrogen-bond donors (Lipinski definition) is 2. The summed E-state index contributed by atoms with van der Waals surface area (Å²) < 4.78 is 34.1. The summed E-state index contributed by atoms with van der Waals surface area (Å²) in [6.07, 6.45) is 11.0. The lowest BCUT2D eigenvalue weighted by atomic mass is 9.88. The zero-order valence-electron chi connectivity index (χ0n) is 21.0. The number of carbonyl (C=O) groups excluding carboxylic acids is 1. The zero-order valence-corrected chi connectivity index (χ0v) is 21.0. The molecule has 9 heteroatoms. The van der Waals surface area contributed by atoms with Crippen LogP contribution < -0.4 is 10.1 Å². The minimum atomic E-state index is -1.69. The summed E-state index contributed by atoms with van der Waals surface area (Å²) in [7, 11) is 0. The molecule has 3 aliphatic rings. The molecule has 0 saturated carbocycles. The second kappa shape index (κ2) is 11.5. The molecule has 0 radical (unpaired) electrons. The Morgan fingerprint density at radius 2 is 2.06 bits per heavy atom. The van der Waals surface area contributed by atoms with E-state index in [4.69, 9.17) is 4.74 Å². The number of carbonyl (C=O) groups is 1. The van der Waals surface area contributed by atoms with Crippen LogP contribution in [0.2, 0.25) is 0 Å². The summed E-state index contributed by atoms with van der Waals surface area (Å²) in [6, 6.07) is 2.50. The molecule has 1 amide bonds. The van der Waals surface area contributed by atoms with Crippen LogP contribution in [0.1, 0.15) is 39.5 Å². The molecule has 1 saturated heterocycles. The molecule has 0 bridgehead atoms. The lowest BCUT2D eigenvalue weighted by molar-refractivity contribution is -0.131. The van der Waals surface area contributed by atoms with E-state index in [0.717, 1.165) is 50.3 Å². The zero-order chi connectivity index (χ0) is 25.7. The first-order valence-electron chi connectivity index (χ1n) is 12.8. The lowest BCUT2D eigenvalue weighted by Crippen LogP contribution is -2.54. The highest BCUT2D eigenvalue weighted by atomic mass is 19.1. The maximum atomic E-state index is 14.6. The monoisotopic (exact) mass is 502 g/mol. The van der Waals surface area contributed by atoms with E-state index in [2.05, 4.69) is 29.2 Å². The molecule has 2 unspecified atom stereocenters. The number of halogens is 2. The van der Waals surface area contributed by atoms with Gasteiger partial charge < -0.3 is 20.1 Å². The van der Waals surface area contributed by atoms with Crippen molar-refractivity contribution in [3.63, 3.8) is 0 Å². The van der Waals surface area contributed by atoms with Gasteiger partial charge >= 0.3 is 0 Å². The SMILES string of the molecule is CC(C)CN1N=CC2C=C[C@@](Oc3ccc(F)cc3F)(C(=O)NC(CO)CCN3CCCCC3)C=C21. The van der Waals surface area contributed by atoms with Gasteiger partial charge in [0, 0.05) is 31.1 Å². The van der Waals surface area contributed by atoms with Gasteiger partial charge in [-0.25, -0.2) is 8.78 Å². The third-order valence-corrected chi connectivity index (χ3v) is 6.78. The summed E-state index contributed by atoms with van der Waals surface area (Å²) in [6.45, 7) is 7.36. The topological polar surface area (TPSA) is 77.4 Å². The molecule has 7 nitrogen and oxygen atoms in total. The Morgan fingerprint density at radius 3 is 2.75 bits per heavy atom. The molecule has 1 fully saturated rings. The number of benzene rings is 1. The van der Waals surface area contributed by atoms with E-state index in [0.29, 0.717) is 18.9 Å². The Labute approximate surface area is 211 Å². The van der Waals surface area contributed by atoms with Crippen LogP contribution in [0.3, 0.4) is 0 Å². The van der Waals surface area contributed by atoms with Gasteiger partial charge in [-0.3, -0.25) is 9.80 Å². The van der Waals surface area contributed by atoms with Crippen LogP contribution in [0.5, 0.6) is 5.75 Å². The van der Waals surface area contributed by atoms with Crippen LogP contribution >= 0.6 is 0 Å². The number of fused-ring (bicyclic) bond motifs is 1. The lowest BCUT2D eigenvalue weighted by Gasteiger charge is -2.35. The number of nitrogens with zero attached hydrogens (tertiary/aromatic N) is 3. The van der Waals surface area contributed by atoms with Crippen molar-refractivity contribution >= 4 is 12.1 Å². The number of likely N-dealkylation sites (tertiary alicyclic amines) is 1. The second-order valence-corrected chi connectivity index (χ2v) is 10.2. The molecular formula is C27H36F2N4O3. The molecule has 2 N–H and O–H groups in total. The van der Waals surface area contributed by atoms with Crippen molar-refractivity contribution < 1.29 is 23.4 Å². The highest BCUT2D eigenvalue weighted by Crippen LogP contribution is 2.35. The van der Waals surface area contributed by atoms with Crippen molar-refractivity contribution in [3.05, 3.63) is 53.8 Å². The van der Waals surface area contributed by atoms with E-state index in [1.165, 1.54) is 12.5 Å². The van der Waals surface area contributed by atoms with Gasteiger partial charge in [0.1, 0.15) is 5.82 Å². The number of piperidine rings is 1. The van der Waals surface area contributed by atoms with Crippen LogP contribution in [-0.4, -0.2) is 71.6 Å². The maximum Gasteiger partial charge on any atom is 0.272 e. The first-order chi connectivity index (χ1) is 17.3. The minimum absolute atomic E-state index is 0.126. The molecule has 2 heterocycles. The molecule has 0 aromatic heterocycles. The van der Waals surface area contributed by atoms with Crippen molar-refractivity contribution in [1.29, 1.82) is 0 Å². The van der Waals surface area contributed by atoms with E-state index in [1.54, 1.807) is 18.4 Å². The van der Waals surface area contributed by atoms with Crippen molar-refractivity contribution in [1.82, 2.24) is 15.2 Å². The first kappa shape index (κ1) is 26.3. The van der Waals surface area contributed by atoms with Crippen molar-refractivity contribution in [2.24, 2.45) is 16.9 Å². The maximum absolute atomic E-state index is 14.6. The number of rotatable bonds is 10. The van der Waals surface area contributed by atoms with Gasteiger partial charge in [0.05, 0.1) is 18.6 Å².